The van der Waals surface area contributed by atoms with Crippen molar-refractivity contribution in [1.82, 2.24) is 5.32 Å². The maximum absolute atomic E-state index is 16.9. The highest BCUT2D eigenvalue weighted by molar-refractivity contribution is 7.47. The highest BCUT2D eigenvalue weighted by Crippen LogP contribution is 2.65. The Labute approximate surface area is 817 Å². The number of esters is 6. The molecule has 0 radical (unpaired) electrons. The summed E-state index contributed by atoms with van der Waals surface area (Å²) in [7, 11) is 1.97. The molecule has 758 valence electrons. The summed E-state index contributed by atoms with van der Waals surface area (Å²) >= 11 is 0. The van der Waals surface area contributed by atoms with E-state index in [0.717, 1.165) is 127 Å². The number of phosphoric acid groups is 1. The molecule has 1 saturated heterocycles. The summed E-state index contributed by atoms with van der Waals surface area (Å²) in [4.78, 5) is 168. The fraction of sp³-hybridized carbons (Fsp3) is 0.609. The fourth-order valence-electron chi connectivity index (χ4n) is 20.1. The van der Waals surface area contributed by atoms with Crippen LogP contribution in [0.3, 0.4) is 0 Å². The van der Waals surface area contributed by atoms with Crippen LogP contribution < -0.4 is 10.6 Å². The first kappa shape index (κ1) is 112. The third-order valence-corrected chi connectivity index (χ3v) is 29.0. The Bertz CT molecular complexity index is 4790. The van der Waals surface area contributed by atoms with Crippen LogP contribution in [0, 0.1) is 16.7 Å². The van der Waals surface area contributed by atoms with Gasteiger partial charge in [-0.1, -0.05) is 297 Å². The number of anilines is 1. The number of nitrogens with zero attached hydrogens (tertiary/aromatic N) is 1. The largest absolute Gasteiger partial charge is 0.481 e. The first-order valence-electron chi connectivity index (χ1n) is 50.9. The number of likely N-dealkylation sites (N-methyl/N-ethyl adjacent to an activating group) is 1. The van der Waals surface area contributed by atoms with Gasteiger partial charge in [-0.25, -0.2) is 14.2 Å². The number of carbonyl (C=O) groups excluding carboxylic acids is 10. The molecule has 2 saturated carbocycles. The van der Waals surface area contributed by atoms with Crippen LogP contribution in [0.15, 0.2) is 151 Å². The van der Waals surface area contributed by atoms with E-state index in [1.54, 1.807) is 91.0 Å². The Morgan fingerprint density at radius 3 is 1.49 bits per heavy atom. The molecule has 1 heterocycles. The molecular formula is C110H155N3O24P+. The average Bonchev–Trinajstić information content (AvgIpc) is 0.665. The number of rotatable bonds is 64. The zero-order valence-corrected chi connectivity index (χ0v) is 84.1. The van der Waals surface area contributed by atoms with E-state index in [1.165, 1.54) is 162 Å². The van der Waals surface area contributed by atoms with Crippen LogP contribution in [0.25, 0.3) is 0 Å². The van der Waals surface area contributed by atoms with Crippen LogP contribution in [-0.2, 0) is 109 Å². The van der Waals surface area contributed by atoms with Crippen molar-refractivity contribution in [2.75, 3.05) is 52.8 Å². The zero-order chi connectivity index (χ0) is 99.7. The van der Waals surface area contributed by atoms with Crippen molar-refractivity contribution in [3.8, 4) is 0 Å². The number of carboxylic acid groups (broad SMARTS) is 1. The first-order valence-corrected chi connectivity index (χ1v) is 52.4. The highest BCUT2D eigenvalue weighted by atomic mass is 31.2. The molecule has 9 rings (SSSR count). The van der Waals surface area contributed by atoms with Gasteiger partial charge in [0.1, 0.15) is 55.0 Å². The minimum Gasteiger partial charge on any atom is -0.481 e. The third-order valence-electron chi connectivity index (χ3n) is 28.0. The molecule has 1 aliphatic heterocycles. The number of carboxylic acids is 1. The number of aliphatic carboxylic acids is 1. The van der Waals surface area contributed by atoms with Crippen LogP contribution in [0.1, 0.15) is 341 Å². The van der Waals surface area contributed by atoms with E-state index in [0.29, 0.717) is 16.7 Å². The molecule has 28 heteroatoms. The lowest BCUT2D eigenvalue weighted by atomic mass is 9.44. The number of phosphoric ester groups is 1. The minimum absolute atomic E-state index is 0.00926. The molecule has 5 N–H and O–H groups in total. The van der Waals surface area contributed by atoms with Crippen LogP contribution in [0.5, 0.6) is 0 Å². The van der Waals surface area contributed by atoms with Gasteiger partial charge in [0.25, 0.3) is 5.91 Å². The second-order valence-corrected chi connectivity index (χ2v) is 41.6. The number of unbranched alkanes of at least 4 members (excludes halogenated alkanes) is 30. The molecule has 2 bridgehead atoms. The van der Waals surface area contributed by atoms with Crippen LogP contribution in [0.4, 0.5) is 5.69 Å². The van der Waals surface area contributed by atoms with Gasteiger partial charge in [-0.3, -0.25) is 52.2 Å². The third kappa shape index (κ3) is 34.7. The molecule has 4 aliphatic rings. The molecule has 27 nitrogen and oxygen atoms in total. The average molecular weight is 1930 g/mol. The number of Topliss-reactive ketones (excluding diaryl/α,β-unsaturated/α-hetero) is 2. The van der Waals surface area contributed by atoms with E-state index < -0.39 is 170 Å². The number of benzene rings is 5. The van der Waals surface area contributed by atoms with Gasteiger partial charge in [-0.2, -0.15) is 0 Å². The summed E-state index contributed by atoms with van der Waals surface area (Å²) in [5, 5.41) is 29.2. The second-order valence-electron chi connectivity index (χ2n) is 40.2. The number of quaternary nitrogens is 1. The highest BCUT2D eigenvalue weighted by Gasteiger charge is 2.79. The predicted octanol–water partition coefficient (Wildman–Crippen LogP) is 20.7. The zero-order valence-electron chi connectivity index (χ0n) is 83.2. The molecular weight excluding hydrogens is 1780 g/mol. The second kappa shape index (κ2) is 56.1. The van der Waals surface area contributed by atoms with E-state index in [1.807, 2.05) is 57.5 Å². The Morgan fingerprint density at radius 1 is 0.529 bits per heavy atom. The quantitative estimate of drug-likeness (QED) is 0.00603. The summed E-state index contributed by atoms with van der Waals surface area (Å²) in [6, 6.07) is 37.8. The SMILES string of the molecule is CC(=O)O[C@H]1C(=O)C2(C)C(OC(=O)CCC(=O)Cc3ccc(CCCCCCCCCCCCCCCCCCOP(=O)(O)OCC[N+](C)(C)C)cc3)C[C@H]3OC[C@@]3(OC(C)=O)[C@H]2[C@H](OC(=O)c2ccccc2)[C@]2(O)C[C@H](OC(=O)[C@H](OC(=O)CCC(=O)Nc3ccc(CCCCCCCCCCCCCCCCCCC(=O)O)cc3)[C@@H](NC(=O)c3ccccc3)c3ccccc3)C(C)=C1C2(C)C. The summed E-state index contributed by atoms with van der Waals surface area (Å²) in [5.41, 5.74) is -5.01. The van der Waals surface area contributed by atoms with Crippen molar-refractivity contribution in [3.05, 3.63) is 184 Å². The Hall–Kier alpha value is -9.60. The van der Waals surface area contributed by atoms with Crippen molar-refractivity contribution in [2.45, 2.75) is 365 Å². The number of hydrogen-bond acceptors (Lipinski definition) is 22. The lowest BCUT2D eigenvalue weighted by Gasteiger charge is -2.67. The van der Waals surface area contributed by atoms with Gasteiger partial charge < -0.3 is 63.4 Å². The van der Waals surface area contributed by atoms with E-state index in [-0.39, 0.29) is 72.5 Å². The molecule has 12 atom stereocenters. The molecule has 3 aliphatic carbocycles. The first-order chi connectivity index (χ1) is 66.0. The van der Waals surface area contributed by atoms with Gasteiger partial charge in [0.2, 0.25) is 12.0 Å². The van der Waals surface area contributed by atoms with Gasteiger partial charge in [-0.05, 0) is 122 Å². The summed E-state index contributed by atoms with van der Waals surface area (Å²) in [6.07, 6.45) is 25.3. The minimum atomic E-state index is -4.00. The number of carbonyl (C=O) groups is 11. The van der Waals surface area contributed by atoms with Gasteiger partial charge in [-0.15, -0.1) is 0 Å². The van der Waals surface area contributed by atoms with Crippen molar-refractivity contribution in [2.24, 2.45) is 16.7 Å². The lowest BCUT2D eigenvalue weighted by Crippen LogP contribution is -2.82. The topological polar surface area (TPSA) is 373 Å². The maximum atomic E-state index is 16.9. The Morgan fingerprint density at radius 2 is 1.00 bits per heavy atom. The number of aryl methyl sites for hydroxylation is 2. The monoisotopic (exact) mass is 1930 g/mol. The number of aliphatic hydroxyl groups is 1. The van der Waals surface area contributed by atoms with Gasteiger partial charge >= 0.3 is 49.6 Å². The van der Waals surface area contributed by atoms with E-state index in [9.17, 15) is 52.9 Å². The number of fused-ring (bicyclic) bond motifs is 5. The van der Waals surface area contributed by atoms with Crippen molar-refractivity contribution < 1.29 is 119 Å². The molecule has 5 aromatic rings. The lowest BCUT2D eigenvalue weighted by molar-refractivity contribution is -0.870. The van der Waals surface area contributed by atoms with Crippen molar-refractivity contribution in [3.63, 3.8) is 0 Å². The van der Waals surface area contributed by atoms with Crippen LogP contribution in [-0.4, -0.2) is 180 Å². The van der Waals surface area contributed by atoms with Gasteiger partial charge in [0, 0.05) is 69.0 Å². The number of hydrogen-bond donors (Lipinski definition) is 5. The van der Waals surface area contributed by atoms with E-state index in [2.05, 4.69) is 10.6 Å². The van der Waals surface area contributed by atoms with Crippen LogP contribution >= 0.6 is 7.82 Å². The molecule has 3 fully saturated rings. The number of ether oxygens (including phenoxy) is 7. The smallest absolute Gasteiger partial charge is 0.472 e. The summed E-state index contributed by atoms with van der Waals surface area (Å²) in [6.45, 7) is 8.72. The molecule has 2 amide bonds. The van der Waals surface area contributed by atoms with E-state index in [4.69, 9.17) is 47.3 Å². The van der Waals surface area contributed by atoms with Crippen molar-refractivity contribution in [1.29, 1.82) is 0 Å². The molecule has 3 unspecified atom stereocenters. The normalized spacial score (nSPS) is 21.2. The maximum Gasteiger partial charge on any atom is 0.472 e. The molecule has 0 spiro atoms. The molecule has 0 aromatic heterocycles. The van der Waals surface area contributed by atoms with Crippen molar-refractivity contribution >= 4 is 78.7 Å². The standard InChI is InChI=1S/C110H154N3O24P/c1-79-90(133-106(125)100(98(85-53-43-38-44-54-85)112-104(123)86-55-45-39-46-56-86)135-96(121)71-69-93(117)111-88-66-64-83(65-67-88)52-42-35-31-27-23-19-14-10-11-16-20-24-28-32-36-49-59-94(118)119)77-110(126)103(136-105(124)87-57-47-40-48-58-87)101-108(6,102(122)99(132-80(2)114)97(79)107(110,4)5)91(76-92-109(101,78-129-92)137-81(3)115)134-95(120)70-68-89(116)75-84-62-60-82(61-63-84)51-41-34-30-26-22-18-15-12-13-17-21-25-29-33-37-50-73-130-138(127,128)131-74-72-113(7,8)9/h38-40,43-48,53-58,60-67,90-92,98-101,103,126H,10-37,41-42,49-52,59,68-78H2,1-9H3,(H3-,111,112,117,118,119,123,127,128)/p+1/t90-,91?,92+,98-,99+,100+,101-,103-,108?,109-,110+/m0/s1. The summed E-state index contributed by atoms with van der Waals surface area (Å²) in [5.74, 6) is -11.2. The van der Waals surface area contributed by atoms with Crippen LogP contribution in [0.2, 0.25) is 0 Å². The van der Waals surface area contributed by atoms with Gasteiger partial charge in [0.15, 0.2) is 17.5 Å². The van der Waals surface area contributed by atoms with E-state index >= 15 is 14.4 Å². The van der Waals surface area contributed by atoms with Gasteiger partial charge in [0.05, 0.1) is 64.1 Å². The Balaban J connectivity index is 0.839. The molecule has 138 heavy (non-hydrogen) atoms. The Kier molecular flexibility index (Phi) is 45.6. The fourth-order valence-corrected chi connectivity index (χ4v) is 20.8. The number of amides is 2. The number of nitrogens with one attached hydrogen (secondary N) is 2. The predicted molar refractivity (Wildman–Crippen MR) is 526 cm³/mol. The molecule has 5 aromatic carbocycles. The summed E-state index contributed by atoms with van der Waals surface area (Å²) < 4.78 is 67.9. The number of ketones is 2.